The zero-order chi connectivity index (χ0) is 22.5. The molecule has 2 saturated heterocycles. The highest BCUT2D eigenvalue weighted by molar-refractivity contribution is 7.08. The molecule has 0 unspecified atom stereocenters. The predicted octanol–water partition coefficient (Wildman–Crippen LogP) is 3.90. The predicted molar refractivity (Wildman–Crippen MR) is 110 cm³/mol. The van der Waals surface area contributed by atoms with Gasteiger partial charge in [0.25, 0.3) is 5.91 Å². The van der Waals surface area contributed by atoms with Crippen molar-refractivity contribution in [3.05, 3.63) is 52.5 Å². The number of carboxylic acid groups (broad SMARTS) is 1. The smallest absolute Gasteiger partial charge is 0.475 e. The van der Waals surface area contributed by atoms with Crippen molar-refractivity contribution in [2.45, 2.75) is 32.0 Å². The van der Waals surface area contributed by atoms with E-state index in [-0.39, 0.29) is 5.91 Å². The fourth-order valence-electron chi connectivity index (χ4n) is 4.07. The van der Waals surface area contributed by atoms with E-state index in [1.807, 2.05) is 40.2 Å². The van der Waals surface area contributed by atoms with Gasteiger partial charge in [0, 0.05) is 44.0 Å². The normalized spacial score (nSPS) is 18.5. The summed E-state index contributed by atoms with van der Waals surface area (Å²) >= 11 is 1.59. The van der Waals surface area contributed by atoms with Crippen LogP contribution in [0.2, 0.25) is 0 Å². The average Bonchev–Trinajstić information content (AvgIpc) is 3.40. The fourth-order valence-corrected chi connectivity index (χ4v) is 4.70. The number of aromatic nitrogens is 1. The summed E-state index contributed by atoms with van der Waals surface area (Å²) in [5.41, 5.74) is 2.55. The number of nitrogens with zero attached hydrogens (tertiary/aromatic N) is 3. The Morgan fingerprint density at radius 2 is 1.84 bits per heavy atom. The van der Waals surface area contributed by atoms with Crippen molar-refractivity contribution in [2.24, 2.45) is 5.41 Å². The van der Waals surface area contributed by atoms with Gasteiger partial charge < -0.3 is 10.0 Å². The van der Waals surface area contributed by atoms with Crippen LogP contribution in [0.1, 0.15) is 35.2 Å². The van der Waals surface area contributed by atoms with Crippen molar-refractivity contribution >= 4 is 23.2 Å². The first-order valence-electron chi connectivity index (χ1n) is 9.91. The summed E-state index contributed by atoms with van der Waals surface area (Å²) in [4.78, 5) is 30.2. The van der Waals surface area contributed by atoms with Gasteiger partial charge >= 0.3 is 12.1 Å². The molecule has 1 N–H and O–H groups in total. The van der Waals surface area contributed by atoms with Gasteiger partial charge in [0.15, 0.2) is 0 Å². The van der Waals surface area contributed by atoms with E-state index >= 15 is 0 Å². The second-order valence-electron chi connectivity index (χ2n) is 7.93. The summed E-state index contributed by atoms with van der Waals surface area (Å²) in [6.07, 6.45) is 2.23. The standard InChI is InChI=1S/C19H23N3OS.C2HF3O2/c23-18(17-3-11-24-14-17)22-9-5-19(6-10-22)4-8-21(15-19)13-16-2-1-7-20-12-16;3-2(4,5)1(6)7/h1-3,7,11-12,14H,4-6,8-10,13,15H2;(H,6,7). The Labute approximate surface area is 182 Å². The third-order valence-electron chi connectivity index (χ3n) is 5.77. The number of piperidine rings is 1. The first kappa shape index (κ1) is 23.2. The summed E-state index contributed by atoms with van der Waals surface area (Å²) in [5, 5.41) is 11.1. The van der Waals surface area contributed by atoms with Gasteiger partial charge in [0.2, 0.25) is 0 Å². The fraction of sp³-hybridized carbons (Fsp3) is 0.476. The average molecular weight is 456 g/mol. The zero-order valence-corrected chi connectivity index (χ0v) is 17.7. The monoisotopic (exact) mass is 455 g/mol. The van der Waals surface area contributed by atoms with Crippen LogP contribution in [-0.4, -0.2) is 64.1 Å². The molecule has 1 spiro atoms. The Morgan fingerprint density at radius 1 is 1.16 bits per heavy atom. The van der Waals surface area contributed by atoms with E-state index < -0.39 is 12.1 Å². The Morgan fingerprint density at radius 3 is 2.39 bits per heavy atom. The molecule has 0 radical (unpaired) electrons. The van der Waals surface area contributed by atoms with E-state index in [0.717, 1.165) is 51.1 Å². The number of halogens is 3. The minimum absolute atomic E-state index is 0.205. The second kappa shape index (κ2) is 9.78. The highest BCUT2D eigenvalue weighted by Crippen LogP contribution is 2.41. The van der Waals surface area contributed by atoms with Gasteiger partial charge in [0.05, 0.1) is 5.56 Å². The molecule has 2 aromatic heterocycles. The molecule has 6 nitrogen and oxygen atoms in total. The summed E-state index contributed by atoms with van der Waals surface area (Å²) in [6.45, 7) is 5.10. The Hall–Kier alpha value is -2.46. The number of hydrogen-bond acceptors (Lipinski definition) is 5. The lowest BCUT2D eigenvalue weighted by molar-refractivity contribution is -0.192. The summed E-state index contributed by atoms with van der Waals surface area (Å²) in [7, 11) is 0. The molecule has 4 heterocycles. The van der Waals surface area contributed by atoms with E-state index in [1.54, 1.807) is 11.3 Å². The molecule has 168 valence electrons. The number of thiophene rings is 1. The van der Waals surface area contributed by atoms with Crippen molar-refractivity contribution in [1.29, 1.82) is 0 Å². The van der Waals surface area contributed by atoms with E-state index in [4.69, 9.17) is 9.90 Å². The van der Waals surface area contributed by atoms with Gasteiger partial charge in [-0.25, -0.2) is 4.79 Å². The molecule has 2 aliphatic heterocycles. The molecule has 1 amide bonds. The van der Waals surface area contributed by atoms with Crippen LogP contribution in [0.4, 0.5) is 13.2 Å². The maximum absolute atomic E-state index is 12.5. The van der Waals surface area contributed by atoms with Crippen LogP contribution in [0.15, 0.2) is 41.4 Å². The lowest BCUT2D eigenvalue weighted by Gasteiger charge is -2.39. The van der Waals surface area contributed by atoms with Crippen LogP contribution in [-0.2, 0) is 11.3 Å². The Kier molecular flexibility index (Phi) is 7.32. The van der Waals surface area contributed by atoms with Gasteiger partial charge in [-0.05, 0) is 54.3 Å². The maximum atomic E-state index is 12.5. The number of aliphatic carboxylic acids is 1. The molecule has 0 bridgehead atoms. The maximum Gasteiger partial charge on any atom is 0.490 e. The van der Waals surface area contributed by atoms with Crippen LogP contribution in [0.5, 0.6) is 0 Å². The number of rotatable bonds is 3. The van der Waals surface area contributed by atoms with Crippen molar-refractivity contribution in [3.8, 4) is 0 Å². The molecular formula is C21H24F3N3O3S. The summed E-state index contributed by atoms with van der Waals surface area (Å²) in [5.74, 6) is -2.55. The number of hydrogen-bond donors (Lipinski definition) is 1. The first-order valence-corrected chi connectivity index (χ1v) is 10.9. The van der Waals surface area contributed by atoms with Gasteiger partial charge in [-0.15, -0.1) is 0 Å². The minimum Gasteiger partial charge on any atom is -0.475 e. The number of pyridine rings is 1. The van der Waals surface area contributed by atoms with Gasteiger partial charge in [-0.2, -0.15) is 24.5 Å². The molecule has 10 heteroatoms. The highest BCUT2D eigenvalue weighted by Gasteiger charge is 2.41. The van der Waals surface area contributed by atoms with Crippen molar-refractivity contribution in [1.82, 2.24) is 14.8 Å². The lowest BCUT2D eigenvalue weighted by Crippen LogP contribution is -2.44. The number of likely N-dealkylation sites (tertiary alicyclic amines) is 2. The largest absolute Gasteiger partial charge is 0.490 e. The molecule has 2 aliphatic rings. The number of carboxylic acids is 1. The zero-order valence-electron chi connectivity index (χ0n) is 16.8. The van der Waals surface area contributed by atoms with E-state index in [2.05, 4.69) is 16.0 Å². The van der Waals surface area contributed by atoms with E-state index in [9.17, 15) is 18.0 Å². The Bertz CT molecular complexity index is 867. The van der Waals surface area contributed by atoms with Gasteiger partial charge in [0.1, 0.15) is 0 Å². The van der Waals surface area contributed by atoms with Crippen LogP contribution >= 0.6 is 11.3 Å². The molecule has 0 saturated carbocycles. The molecule has 0 aromatic carbocycles. The van der Waals surface area contributed by atoms with E-state index in [1.165, 1.54) is 12.0 Å². The third kappa shape index (κ3) is 6.27. The molecule has 2 fully saturated rings. The van der Waals surface area contributed by atoms with Crippen molar-refractivity contribution in [2.75, 3.05) is 26.2 Å². The van der Waals surface area contributed by atoms with Crippen LogP contribution in [0.3, 0.4) is 0 Å². The second-order valence-corrected chi connectivity index (χ2v) is 8.71. The lowest BCUT2D eigenvalue weighted by atomic mass is 9.77. The van der Waals surface area contributed by atoms with Crippen molar-refractivity contribution < 1.29 is 27.9 Å². The first-order chi connectivity index (χ1) is 14.7. The number of alkyl halides is 3. The van der Waals surface area contributed by atoms with Gasteiger partial charge in [-0.1, -0.05) is 6.07 Å². The van der Waals surface area contributed by atoms with Crippen LogP contribution in [0.25, 0.3) is 0 Å². The number of amides is 1. The molecule has 31 heavy (non-hydrogen) atoms. The summed E-state index contributed by atoms with van der Waals surface area (Å²) < 4.78 is 31.7. The SMILES string of the molecule is O=C(O)C(F)(F)F.O=C(c1ccsc1)N1CCC2(CCN(Cc3cccnc3)C2)CC1. The van der Waals surface area contributed by atoms with Crippen molar-refractivity contribution in [3.63, 3.8) is 0 Å². The van der Waals surface area contributed by atoms with E-state index in [0.29, 0.717) is 5.41 Å². The molecule has 0 atom stereocenters. The molecule has 0 aliphatic carbocycles. The van der Waals surface area contributed by atoms with Gasteiger partial charge in [-0.3, -0.25) is 14.7 Å². The molecular weight excluding hydrogens is 431 g/mol. The van der Waals surface area contributed by atoms with Crippen LogP contribution < -0.4 is 0 Å². The Balaban J connectivity index is 0.000000339. The topological polar surface area (TPSA) is 73.7 Å². The molecule has 4 rings (SSSR count). The highest BCUT2D eigenvalue weighted by atomic mass is 32.1. The summed E-state index contributed by atoms with van der Waals surface area (Å²) in [6, 6.07) is 6.10. The minimum atomic E-state index is -5.08. The third-order valence-corrected chi connectivity index (χ3v) is 6.45. The van der Waals surface area contributed by atoms with Crippen LogP contribution in [0, 0.1) is 5.41 Å². The number of carbonyl (C=O) groups is 2. The number of carbonyl (C=O) groups excluding carboxylic acids is 1. The quantitative estimate of drug-likeness (QED) is 0.760. The molecule has 2 aromatic rings.